The molecule has 0 aliphatic carbocycles. The molecule has 2 aromatic carbocycles. The van der Waals surface area contributed by atoms with Crippen molar-refractivity contribution < 1.29 is 13.4 Å². The molecule has 10 heteroatoms. The molecule has 136 valence electrons. The number of aromatic nitrogens is 4. The quantitative estimate of drug-likeness (QED) is 0.467. The highest BCUT2D eigenvalue weighted by Crippen LogP contribution is 2.29. The molecule has 0 aliphatic heterocycles. The van der Waals surface area contributed by atoms with E-state index in [0.29, 0.717) is 0 Å². The van der Waals surface area contributed by atoms with Crippen LogP contribution in [0.1, 0.15) is 5.56 Å². The third-order valence-corrected chi connectivity index (χ3v) is 3.74. The molecule has 4 N–H and O–H groups in total. The zero-order valence-corrected chi connectivity index (χ0v) is 14.0. The lowest BCUT2D eigenvalue weighted by atomic mass is 10.2. The number of hydrogen-bond donors (Lipinski definition) is 3. The fourth-order valence-corrected chi connectivity index (χ4v) is 2.42. The number of hydrogen-bond acceptors (Lipinski definition) is 8. The molecule has 4 rings (SSSR count). The molecule has 0 fully saturated rings. The van der Waals surface area contributed by atoms with E-state index in [2.05, 4.69) is 35.5 Å². The van der Waals surface area contributed by atoms with Gasteiger partial charge >= 0.3 is 0 Å². The summed E-state index contributed by atoms with van der Waals surface area (Å²) in [4.78, 5) is 8.43. The minimum Gasteiger partial charge on any atom is -0.399 e. The predicted octanol–water partition coefficient (Wildman–Crippen LogP) is 3.67. The molecule has 4 aromatic rings. The predicted molar refractivity (Wildman–Crippen MR) is 95.9 cm³/mol. The van der Waals surface area contributed by atoms with E-state index in [1.54, 1.807) is 19.1 Å². The average molecular weight is 369 g/mol. The molecule has 0 unspecified atom stereocenters. The molecule has 0 saturated carbocycles. The summed E-state index contributed by atoms with van der Waals surface area (Å²) < 4.78 is 33.0. The van der Waals surface area contributed by atoms with Crippen molar-refractivity contribution in [3.05, 3.63) is 53.6 Å². The molecule has 0 bridgehead atoms. The number of anilines is 5. The van der Waals surface area contributed by atoms with Gasteiger partial charge in [-0.25, -0.2) is 23.4 Å². The van der Waals surface area contributed by atoms with Crippen molar-refractivity contribution in [1.29, 1.82) is 0 Å². The third-order valence-electron chi connectivity index (χ3n) is 3.74. The van der Waals surface area contributed by atoms with Gasteiger partial charge in [-0.2, -0.15) is 0 Å². The van der Waals surface area contributed by atoms with Crippen LogP contribution in [0.2, 0.25) is 0 Å². The molecule has 2 heterocycles. The van der Waals surface area contributed by atoms with Gasteiger partial charge in [-0.1, -0.05) is 6.07 Å². The maximum Gasteiger partial charge on any atom is 0.245 e. The maximum absolute atomic E-state index is 14.2. The lowest BCUT2D eigenvalue weighted by Gasteiger charge is -2.13. The summed E-state index contributed by atoms with van der Waals surface area (Å²) >= 11 is 0. The lowest BCUT2D eigenvalue weighted by Crippen LogP contribution is -2.05. The van der Waals surface area contributed by atoms with E-state index in [-0.39, 0.29) is 40.0 Å². The summed E-state index contributed by atoms with van der Waals surface area (Å²) in [6.07, 6.45) is 0. The Kier molecular flexibility index (Phi) is 3.99. The molecule has 8 nitrogen and oxygen atoms in total. The summed E-state index contributed by atoms with van der Waals surface area (Å²) in [5.41, 5.74) is 7.12. The number of nitrogens with one attached hydrogen (secondary N) is 2. The molecule has 2 aromatic heterocycles. The van der Waals surface area contributed by atoms with E-state index in [4.69, 9.17) is 5.73 Å². The van der Waals surface area contributed by atoms with Gasteiger partial charge in [0.1, 0.15) is 11.6 Å². The molecule has 0 saturated heterocycles. The first kappa shape index (κ1) is 16.6. The Morgan fingerprint density at radius 2 is 1.41 bits per heavy atom. The van der Waals surface area contributed by atoms with E-state index in [9.17, 15) is 8.78 Å². The van der Waals surface area contributed by atoms with Gasteiger partial charge in [-0.15, -0.1) is 0 Å². The molecule has 0 atom stereocenters. The Hall–Kier alpha value is -3.82. The highest BCUT2D eigenvalue weighted by Gasteiger charge is 2.16. The topological polar surface area (TPSA) is 115 Å². The Labute approximate surface area is 151 Å². The summed E-state index contributed by atoms with van der Waals surface area (Å²) in [5.74, 6) is -0.818. The van der Waals surface area contributed by atoms with Crippen LogP contribution in [0.15, 0.2) is 41.0 Å². The van der Waals surface area contributed by atoms with Crippen LogP contribution < -0.4 is 16.4 Å². The second kappa shape index (κ2) is 6.48. The second-order valence-electron chi connectivity index (χ2n) is 5.80. The van der Waals surface area contributed by atoms with Crippen molar-refractivity contribution in [2.75, 3.05) is 16.4 Å². The fraction of sp³-hybridized carbons (Fsp3) is 0.0588. The standard InChI is InChI=1S/C17H13F2N7O/c1-8-2-4-12(10(18)6-8)21-14-15(24-17-16(23-14)25-27-26-17)22-13-5-3-9(20)7-11(13)19/h2-7H,20H2,1H3,(H,21,23,25)(H,22,24,26). The number of rotatable bonds is 4. The van der Waals surface area contributed by atoms with E-state index >= 15 is 0 Å². The number of fused-ring (bicyclic) bond motifs is 1. The van der Waals surface area contributed by atoms with Gasteiger partial charge in [0.05, 0.1) is 11.4 Å². The van der Waals surface area contributed by atoms with Crippen molar-refractivity contribution in [2.45, 2.75) is 6.92 Å². The van der Waals surface area contributed by atoms with Crippen LogP contribution in [-0.4, -0.2) is 20.3 Å². The smallest absolute Gasteiger partial charge is 0.245 e. The van der Waals surface area contributed by atoms with Crippen LogP contribution in [0.4, 0.5) is 37.5 Å². The zero-order chi connectivity index (χ0) is 19.0. The van der Waals surface area contributed by atoms with E-state index in [0.717, 1.165) is 5.56 Å². The van der Waals surface area contributed by atoms with Crippen LogP contribution in [0.25, 0.3) is 11.3 Å². The minimum atomic E-state index is -0.581. The van der Waals surface area contributed by atoms with Crippen molar-refractivity contribution >= 4 is 40.0 Å². The van der Waals surface area contributed by atoms with E-state index in [1.165, 1.54) is 24.3 Å². The third kappa shape index (κ3) is 3.32. The van der Waals surface area contributed by atoms with Gasteiger partial charge in [0.25, 0.3) is 0 Å². The molecule has 0 radical (unpaired) electrons. The highest BCUT2D eigenvalue weighted by molar-refractivity contribution is 5.79. The Balaban J connectivity index is 1.77. The van der Waals surface area contributed by atoms with Crippen LogP contribution in [-0.2, 0) is 0 Å². The van der Waals surface area contributed by atoms with Crippen molar-refractivity contribution in [3.63, 3.8) is 0 Å². The van der Waals surface area contributed by atoms with Gasteiger partial charge in [0.2, 0.25) is 11.3 Å². The molecular weight excluding hydrogens is 356 g/mol. The summed E-state index contributed by atoms with van der Waals surface area (Å²) in [7, 11) is 0. The Morgan fingerprint density at radius 1 is 0.852 bits per heavy atom. The molecule has 27 heavy (non-hydrogen) atoms. The van der Waals surface area contributed by atoms with Crippen LogP contribution >= 0.6 is 0 Å². The number of benzene rings is 2. The second-order valence-corrected chi connectivity index (χ2v) is 5.80. The Bertz CT molecular complexity index is 1060. The summed E-state index contributed by atoms with van der Waals surface area (Å²) in [5, 5.41) is 12.9. The molecule has 0 amide bonds. The fourth-order valence-electron chi connectivity index (χ4n) is 2.42. The SMILES string of the molecule is Cc1ccc(Nc2nc3nonc3nc2Nc2ccc(N)cc2F)c(F)c1. The van der Waals surface area contributed by atoms with Gasteiger partial charge < -0.3 is 16.4 Å². The first-order valence-corrected chi connectivity index (χ1v) is 7.85. The number of nitrogen functional groups attached to an aromatic ring is 1. The normalized spacial score (nSPS) is 10.9. The van der Waals surface area contributed by atoms with Crippen molar-refractivity contribution in [1.82, 2.24) is 20.3 Å². The highest BCUT2D eigenvalue weighted by atomic mass is 19.1. The first-order chi connectivity index (χ1) is 13.0. The van der Waals surface area contributed by atoms with Crippen LogP contribution in [0.3, 0.4) is 0 Å². The zero-order valence-electron chi connectivity index (χ0n) is 14.0. The number of nitrogens with two attached hydrogens (primary N) is 1. The van der Waals surface area contributed by atoms with Gasteiger partial charge in [-0.3, -0.25) is 0 Å². The number of nitrogens with zero attached hydrogens (tertiary/aromatic N) is 4. The summed E-state index contributed by atoms with van der Waals surface area (Å²) in [6, 6.07) is 8.82. The number of halogens is 2. The van der Waals surface area contributed by atoms with Crippen molar-refractivity contribution in [2.24, 2.45) is 0 Å². The van der Waals surface area contributed by atoms with Crippen LogP contribution in [0, 0.1) is 18.6 Å². The van der Waals surface area contributed by atoms with Crippen LogP contribution in [0.5, 0.6) is 0 Å². The summed E-state index contributed by atoms with van der Waals surface area (Å²) in [6.45, 7) is 1.77. The largest absolute Gasteiger partial charge is 0.399 e. The molecule has 0 spiro atoms. The van der Waals surface area contributed by atoms with Gasteiger partial charge in [-0.05, 0) is 53.1 Å². The first-order valence-electron chi connectivity index (χ1n) is 7.85. The minimum absolute atomic E-state index is 0.113. The Morgan fingerprint density at radius 3 is 1.96 bits per heavy atom. The maximum atomic E-state index is 14.2. The average Bonchev–Trinajstić information content (AvgIpc) is 3.07. The molecular formula is C17H13F2N7O. The molecule has 0 aliphatic rings. The lowest BCUT2D eigenvalue weighted by molar-refractivity contribution is 0.314. The van der Waals surface area contributed by atoms with Gasteiger partial charge in [0.15, 0.2) is 11.6 Å². The monoisotopic (exact) mass is 369 g/mol. The van der Waals surface area contributed by atoms with Crippen molar-refractivity contribution in [3.8, 4) is 0 Å². The number of aryl methyl sites for hydroxylation is 1. The van der Waals surface area contributed by atoms with Gasteiger partial charge in [0, 0.05) is 5.69 Å². The van der Waals surface area contributed by atoms with E-state index in [1.807, 2.05) is 0 Å². The van der Waals surface area contributed by atoms with E-state index < -0.39 is 11.6 Å².